The maximum Gasteiger partial charge on any atom is 0.322 e. The molecule has 0 aliphatic rings. The summed E-state index contributed by atoms with van der Waals surface area (Å²) in [6.07, 6.45) is 1.43. The first-order valence-corrected chi connectivity index (χ1v) is 10.5. The lowest BCUT2D eigenvalue weighted by molar-refractivity contribution is 0.102. The van der Waals surface area contributed by atoms with Gasteiger partial charge < -0.3 is 4.42 Å². The highest BCUT2D eigenvalue weighted by atomic mass is 32.2. The summed E-state index contributed by atoms with van der Waals surface area (Å²) >= 11 is 0. The molecule has 0 atom stereocenters. The van der Waals surface area contributed by atoms with E-state index in [1.165, 1.54) is 43.9 Å². The minimum absolute atomic E-state index is 0.0137. The van der Waals surface area contributed by atoms with E-state index < -0.39 is 15.9 Å². The number of anilines is 1. The first-order chi connectivity index (χ1) is 13.8. The molecule has 3 aromatic rings. The van der Waals surface area contributed by atoms with E-state index in [0.717, 1.165) is 16.3 Å². The molecule has 0 aliphatic carbocycles. The molecule has 1 aromatic heterocycles. The number of nitrogens with zero attached hydrogens (tertiary/aromatic N) is 3. The highest BCUT2D eigenvalue weighted by Crippen LogP contribution is 2.16. The summed E-state index contributed by atoms with van der Waals surface area (Å²) in [6.45, 7) is 2.09. The van der Waals surface area contributed by atoms with E-state index in [-0.39, 0.29) is 16.5 Å². The Morgan fingerprint density at radius 3 is 2.21 bits per heavy atom. The van der Waals surface area contributed by atoms with Crippen molar-refractivity contribution in [3.05, 3.63) is 71.1 Å². The fraction of sp³-hybridized carbons (Fsp3) is 0.250. The van der Waals surface area contributed by atoms with Crippen molar-refractivity contribution in [3.63, 3.8) is 0 Å². The zero-order chi connectivity index (χ0) is 21.0. The van der Waals surface area contributed by atoms with Crippen LogP contribution >= 0.6 is 0 Å². The molecule has 0 aliphatic heterocycles. The smallest absolute Gasteiger partial charge is 0.322 e. The van der Waals surface area contributed by atoms with Gasteiger partial charge in [0, 0.05) is 19.7 Å². The fourth-order valence-electron chi connectivity index (χ4n) is 2.60. The number of amides is 1. The summed E-state index contributed by atoms with van der Waals surface area (Å²) in [6, 6.07) is 13.7. The Balaban J connectivity index is 1.65. The topological polar surface area (TPSA) is 105 Å². The van der Waals surface area contributed by atoms with Crippen molar-refractivity contribution in [2.45, 2.75) is 24.7 Å². The Morgan fingerprint density at radius 2 is 1.62 bits per heavy atom. The van der Waals surface area contributed by atoms with Gasteiger partial charge in [-0.05, 0) is 41.8 Å². The standard InChI is InChI=1S/C20H22N4O4S/c1-4-14-5-7-15(8-6-14)13-18-22-23-20(28-18)21-19(25)16-9-11-17(12-10-16)29(26,27)24(2)3/h5-12H,4,13H2,1-3H3,(H,21,23,25). The second-order valence-corrected chi connectivity index (χ2v) is 8.77. The summed E-state index contributed by atoms with van der Waals surface area (Å²) in [5, 5.41) is 10.3. The molecule has 9 heteroatoms. The number of aryl methyl sites for hydroxylation is 1. The zero-order valence-electron chi connectivity index (χ0n) is 16.4. The normalized spacial score (nSPS) is 11.6. The summed E-state index contributed by atoms with van der Waals surface area (Å²) < 4.78 is 30.8. The lowest BCUT2D eigenvalue weighted by Gasteiger charge is -2.11. The van der Waals surface area contributed by atoms with Crippen LogP contribution in [0.25, 0.3) is 0 Å². The molecular formula is C20H22N4O4S. The lowest BCUT2D eigenvalue weighted by atomic mass is 10.1. The van der Waals surface area contributed by atoms with Gasteiger partial charge in [0.15, 0.2) is 0 Å². The third-order valence-electron chi connectivity index (χ3n) is 4.37. The molecule has 0 saturated carbocycles. The van der Waals surface area contributed by atoms with E-state index in [1.807, 2.05) is 12.1 Å². The SMILES string of the molecule is CCc1ccc(Cc2nnc(NC(=O)c3ccc(S(=O)(=O)N(C)C)cc3)o2)cc1. The number of hydrogen-bond acceptors (Lipinski definition) is 6. The number of nitrogens with one attached hydrogen (secondary N) is 1. The molecule has 2 aromatic carbocycles. The molecule has 1 N–H and O–H groups in total. The quantitative estimate of drug-likeness (QED) is 0.637. The van der Waals surface area contributed by atoms with E-state index in [0.29, 0.717) is 12.3 Å². The number of rotatable bonds is 7. The van der Waals surface area contributed by atoms with Crippen LogP contribution in [-0.4, -0.2) is 42.9 Å². The van der Waals surface area contributed by atoms with Gasteiger partial charge in [-0.2, -0.15) is 0 Å². The van der Waals surface area contributed by atoms with E-state index in [1.54, 1.807) is 0 Å². The molecule has 0 bridgehead atoms. The summed E-state index contributed by atoms with van der Waals surface area (Å²) in [4.78, 5) is 12.5. The molecule has 1 heterocycles. The van der Waals surface area contributed by atoms with Crippen LogP contribution in [0.3, 0.4) is 0 Å². The second-order valence-electron chi connectivity index (χ2n) is 6.61. The van der Waals surface area contributed by atoms with Crippen LogP contribution < -0.4 is 5.32 Å². The molecule has 1 amide bonds. The van der Waals surface area contributed by atoms with Crippen molar-refractivity contribution in [2.75, 3.05) is 19.4 Å². The molecule has 0 unspecified atom stereocenters. The predicted octanol–water partition coefficient (Wildman–Crippen LogP) is 2.73. The Morgan fingerprint density at radius 1 is 1.00 bits per heavy atom. The number of sulfonamides is 1. The molecule has 152 valence electrons. The average molecular weight is 414 g/mol. The average Bonchev–Trinajstić information content (AvgIpc) is 3.15. The molecule has 8 nitrogen and oxygen atoms in total. The van der Waals surface area contributed by atoms with Gasteiger partial charge in [-0.25, -0.2) is 12.7 Å². The number of hydrogen-bond donors (Lipinski definition) is 1. The van der Waals surface area contributed by atoms with E-state index in [4.69, 9.17) is 4.42 Å². The van der Waals surface area contributed by atoms with Crippen LogP contribution in [0, 0.1) is 0 Å². The van der Waals surface area contributed by atoms with Crippen LogP contribution in [0.15, 0.2) is 57.8 Å². The maximum absolute atomic E-state index is 12.3. The Hall–Kier alpha value is -3.04. The third kappa shape index (κ3) is 4.87. The molecule has 0 saturated heterocycles. The van der Waals surface area contributed by atoms with E-state index in [2.05, 4.69) is 34.6 Å². The van der Waals surface area contributed by atoms with Gasteiger partial charge >= 0.3 is 6.01 Å². The van der Waals surface area contributed by atoms with Gasteiger partial charge in [0.2, 0.25) is 15.9 Å². The van der Waals surface area contributed by atoms with E-state index in [9.17, 15) is 13.2 Å². The van der Waals surface area contributed by atoms with Gasteiger partial charge in [0.25, 0.3) is 5.91 Å². The van der Waals surface area contributed by atoms with Gasteiger partial charge in [0.05, 0.1) is 11.3 Å². The molecule has 0 fully saturated rings. The second kappa shape index (κ2) is 8.54. The highest BCUT2D eigenvalue weighted by molar-refractivity contribution is 7.89. The fourth-order valence-corrected chi connectivity index (χ4v) is 3.50. The third-order valence-corrected chi connectivity index (χ3v) is 6.20. The zero-order valence-corrected chi connectivity index (χ0v) is 17.2. The van der Waals surface area contributed by atoms with Crippen LogP contribution in [0.5, 0.6) is 0 Å². The number of benzene rings is 2. The highest BCUT2D eigenvalue weighted by Gasteiger charge is 2.18. The molecule has 3 rings (SSSR count). The molecule has 0 spiro atoms. The number of aromatic nitrogens is 2. The molecule has 29 heavy (non-hydrogen) atoms. The van der Waals surface area contributed by atoms with Crippen molar-refractivity contribution in [3.8, 4) is 0 Å². The van der Waals surface area contributed by atoms with Crippen LogP contribution in [-0.2, 0) is 22.9 Å². The summed E-state index contributed by atoms with van der Waals surface area (Å²) in [7, 11) is -0.657. The van der Waals surface area contributed by atoms with Crippen molar-refractivity contribution < 1.29 is 17.6 Å². The monoisotopic (exact) mass is 414 g/mol. The predicted molar refractivity (Wildman–Crippen MR) is 108 cm³/mol. The minimum Gasteiger partial charge on any atom is -0.407 e. The van der Waals surface area contributed by atoms with Crippen LogP contribution in [0.1, 0.15) is 34.3 Å². The Kier molecular flexibility index (Phi) is 6.09. The molecule has 0 radical (unpaired) electrons. The largest absolute Gasteiger partial charge is 0.407 e. The van der Waals surface area contributed by atoms with Gasteiger partial charge in [-0.1, -0.05) is 36.3 Å². The Bertz CT molecular complexity index is 1090. The summed E-state index contributed by atoms with van der Waals surface area (Å²) in [5.41, 5.74) is 2.55. The van der Waals surface area contributed by atoms with Crippen LogP contribution in [0.2, 0.25) is 0 Å². The Labute approximate surface area is 169 Å². The minimum atomic E-state index is -3.55. The number of carbonyl (C=O) groups excluding carboxylic acids is 1. The van der Waals surface area contributed by atoms with Crippen molar-refractivity contribution in [1.29, 1.82) is 0 Å². The maximum atomic E-state index is 12.3. The molecular weight excluding hydrogens is 392 g/mol. The van der Waals surface area contributed by atoms with Crippen molar-refractivity contribution in [1.82, 2.24) is 14.5 Å². The lowest BCUT2D eigenvalue weighted by Crippen LogP contribution is -2.22. The van der Waals surface area contributed by atoms with Crippen LogP contribution in [0.4, 0.5) is 6.01 Å². The van der Waals surface area contributed by atoms with Crippen molar-refractivity contribution >= 4 is 21.9 Å². The van der Waals surface area contributed by atoms with Crippen molar-refractivity contribution in [2.24, 2.45) is 0 Å². The first kappa shape index (κ1) is 20.7. The first-order valence-electron chi connectivity index (χ1n) is 9.03. The van der Waals surface area contributed by atoms with Gasteiger partial charge in [0.1, 0.15) is 0 Å². The van der Waals surface area contributed by atoms with E-state index >= 15 is 0 Å². The summed E-state index contributed by atoms with van der Waals surface area (Å²) in [5.74, 6) is -0.0849. The van der Waals surface area contributed by atoms with Gasteiger partial charge in [-0.15, -0.1) is 5.10 Å². The number of carbonyl (C=O) groups is 1. The van der Waals surface area contributed by atoms with Gasteiger partial charge in [-0.3, -0.25) is 10.1 Å².